The summed E-state index contributed by atoms with van der Waals surface area (Å²) in [6, 6.07) is 15.7. The predicted molar refractivity (Wildman–Crippen MR) is 182 cm³/mol. The molecule has 13 heteroatoms. The molecule has 0 aromatic heterocycles. The topological polar surface area (TPSA) is 172 Å². The van der Waals surface area contributed by atoms with Gasteiger partial charge in [-0.05, 0) is 48.6 Å². The van der Waals surface area contributed by atoms with E-state index in [4.69, 9.17) is 14.2 Å². The van der Waals surface area contributed by atoms with Crippen LogP contribution in [0.1, 0.15) is 76.3 Å². The van der Waals surface area contributed by atoms with E-state index in [-0.39, 0.29) is 113 Å². The van der Waals surface area contributed by atoms with Crippen LogP contribution in [0.15, 0.2) is 71.8 Å². The van der Waals surface area contributed by atoms with Gasteiger partial charge in [-0.15, -0.1) is 0 Å². The van der Waals surface area contributed by atoms with E-state index in [1.807, 2.05) is 0 Å². The first kappa shape index (κ1) is 44.2. The molecule has 2 radical (unpaired) electrons. The fraction of sp³-hybridized carbons (Fsp3) is 0.564. The number of aliphatic hydroxyl groups is 4. The zero-order chi connectivity index (χ0) is 36.6. The Balaban J connectivity index is 0.00000302. The Bertz CT molecular complexity index is 1710. The summed E-state index contributed by atoms with van der Waals surface area (Å²) in [4.78, 5) is 41.9. The Labute approximate surface area is 376 Å². The van der Waals surface area contributed by atoms with Crippen molar-refractivity contribution in [1.82, 2.24) is 5.32 Å². The molecule has 2 aromatic carbocycles. The third-order valence-electron chi connectivity index (χ3n) is 13.4. The number of hydrogen-bond donors (Lipinski definition) is 5. The Morgan fingerprint density at radius 2 is 1.54 bits per heavy atom. The van der Waals surface area contributed by atoms with E-state index in [0.717, 1.165) is 0 Å². The van der Waals surface area contributed by atoms with Gasteiger partial charge in [0.25, 0.3) is 5.91 Å². The maximum absolute atomic E-state index is 14.7. The van der Waals surface area contributed by atoms with Crippen molar-refractivity contribution in [3.05, 3.63) is 82.9 Å². The van der Waals surface area contributed by atoms with E-state index in [1.54, 1.807) is 102 Å². The number of esters is 1. The quantitative estimate of drug-likeness (QED) is 0.205. The molecule has 52 heavy (non-hydrogen) atoms. The van der Waals surface area contributed by atoms with Crippen LogP contribution in [0.25, 0.3) is 0 Å². The summed E-state index contributed by atoms with van der Waals surface area (Å²) >= 11 is 0. The van der Waals surface area contributed by atoms with Crippen LogP contribution < -0.4 is 5.32 Å². The van der Waals surface area contributed by atoms with Crippen LogP contribution in [0, 0.1) is 110 Å². The average molecular weight is 1150 g/mol. The molecule has 276 valence electrons. The van der Waals surface area contributed by atoms with Crippen molar-refractivity contribution in [1.29, 1.82) is 0 Å². The molecular formula is C39H49Ac2NO10. The molecule has 1 aliphatic heterocycles. The molecule has 2 bridgehead atoms. The van der Waals surface area contributed by atoms with Gasteiger partial charge < -0.3 is 40.0 Å². The number of aliphatic hydroxyl groups excluding tert-OH is 2. The Kier molecular flexibility index (Phi) is 13.4. The van der Waals surface area contributed by atoms with Crippen LogP contribution in [-0.4, -0.2) is 93.5 Å². The second kappa shape index (κ2) is 15.8. The molecule has 2 saturated carbocycles. The molecule has 9 unspecified atom stereocenters. The summed E-state index contributed by atoms with van der Waals surface area (Å²) in [6.07, 6.45) is -6.10. The number of carbonyl (C=O) groups is 3. The maximum Gasteiger partial charge on any atom is 0.338 e. The Morgan fingerprint density at radius 3 is 2.08 bits per heavy atom. The minimum absolute atomic E-state index is 0. The van der Waals surface area contributed by atoms with Crippen LogP contribution in [0.3, 0.4) is 0 Å². The standard InChI is InChI=1S/C39H49NO10.2Ac/c1-21-25(50-34(45)31(42)29(23-14-10-8-11-15-23)40-33(44)24-16-12-9-13-17-24)19-38(46)22(2)37(6)36(5,32(43)30(41)28(21)35(38,3)4)26(48-7)18-27-39(37,47)20-49-27;;/h8-17,22,25-27,29-31,41-42,46-47H,18-20H2,1-7H3,(H,40,44);;/t22-,25?,26?,27?,29?,30?,31?,36-,37?,38?,39?;;/m0../s1. The first-order chi connectivity index (χ1) is 23.4. The summed E-state index contributed by atoms with van der Waals surface area (Å²) in [5.41, 5.74) is -5.98. The molecule has 5 N–H and O–H groups in total. The number of Topliss-reactive ketones (excluding diaryl/α,β-unsaturated/α-hetero) is 1. The molecule has 1 heterocycles. The second-order valence-electron chi connectivity index (χ2n) is 15.5. The van der Waals surface area contributed by atoms with Crippen LogP contribution in [0.4, 0.5) is 0 Å². The molecule has 4 aliphatic rings. The second-order valence-corrected chi connectivity index (χ2v) is 15.5. The molecule has 2 aromatic rings. The molecule has 6 rings (SSSR count). The van der Waals surface area contributed by atoms with E-state index in [9.17, 15) is 34.8 Å². The van der Waals surface area contributed by atoms with Crippen molar-refractivity contribution in [2.24, 2.45) is 22.2 Å². The normalized spacial score (nSPS) is 37.2. The van der Waals surface area contributed by atoms with E-state index in [2.05, 4.69) is 5.32 Å². The van der Waals surface area contributed by atoms with Gasteiger partial charge >= 0.3 is 5.97 Å². The van der Waals surface area contributed by atoms with Crippen molar-refractivity contribution in [2.75, 3.05) is 13.7 Å². The van der Waals surface area contributed by atoms with Crippen LogP contribution in [0.2, 0.25) is 0 Å². The van der Waals surface area contributed by atoms with E-state index in [0.29, 0.717) is 16.7 Å². The van der Waals surface area contributed by atoms with E-state index < -0.39 is 87.6 Å². The summed E-state index contributed by atoms with van der Waals surface area (Å²) in [5, 5.41) is 51.7. The van der Waals surface area contributed by atoms with Crippen LogP contribution in [-0.2, 0) is 23.8 Å². The predicted octanol–water partition coefficient (Wildman–Crippen LogP) is 3.05. The van der Waals surface area contributed by atoms with Crippen molar-refractivity contribution in [3.8, 4) is 0 Å². The van der Waals surface area contributed by atoms with Crippen molar-refractivity contribution < 1.29 is 137 Å². The van der Waals surface area contributed by atoms with Gasteiger partial charge in [0.2, 0.25) is 0 Å². The van der Waals surface area contributed by atoms with Crippen molar-refractivity contribution in [2.45, 2.75) is 102 Å². The molecule has 1 saturated heterocycles. The maximum atomic E-state index is 14.7. The molecule has 3 fully saturated rings. The summed E-state index contributed by atoms with van der Waals surface area (Å²) in [6.45, 7) is 10.3. The molecule has 3 aliphatic carbocycles. The first-order valence-corrected chi connectivity index (χ1v) is 17.2. The number of methoxy groups -OCH3 is 1. The first-order valence-electron chi connectivity index (χ1n) is 17.2. The van der Waals surface area contributed by atoms with Crippen LogP contribution >= 0.6 is 0 Å². The number of hydrogen-bond acceptors (Lipinski definition) is 10. The molecule has 1 amide bonds. The number of nitrogens with one attached hydrogen (secondary N) is 1. The number of amides is 1. The summed E-state index contributed by atoms with van der Waals surface area (Å²) < 4.78 is 17.7. The monoisotopic (exact) mass is 1150 g/mol. The van der Waals surface area contributed by atoms with Gasteiger partial charge in [0.05, 0.1) is 35.9 Å². The van der Waals surface area contributed by atoms with Gasteiger partial charge in [0.15, 0.2) is 11.9 Å². The molecule has 11 atom stereocenters. The third-order valence-corrected chi connectivity index (χ3v) is 13.4. The SMILES string of the molecule is COC1CC2OCC2(O)C2(C)[C@H](C)C3(O)CC(OC(=O)C(O)C(NC(=O)c4ccccc4)c4ccccc4)C(C)=C(C(O)C(=O)[C@]12C)C3(C)C.[Ac].[Ac]. The fourth-order valence-corrected chi connectivity index (χ4v) is 9.95. The van der Waals surface area contributed by atoms with Gasteiger partial charge in [-0.2, -0.15) is 0 Å². The number of benzene rings is 2. The summed E-state index contributed by atoms with van der Waals surface area (Å²) in [5.74, 6) is -2.98. The van der Waals surface area contributed by atoms with Crippen LogP contribution in [0.5, 0.6) is 0 Å². The van der Waals surface area contributed by atoms with Gasteiger partial charge in [0.1, 0.15) is 17.8 Å². The van der Waals surface area contributed by atoms with Gasteiger partial charge in [0, 0.05) is 124 Å². The van der Waals surface area contributed by atoms with Gasteiger partial charge in [-0.1, -0.05) is 76.2 Å². The Hall–Kier alpha value is -0.567. The van der Waals surface area contributed by atoms with E-state index >= 15 is 0 Å². The molecule has 0 spiro atoms. The third kappa shape index (κ3) is 6.32. The zero-order valence-electron chi connectivity index (χ0n) is 30.8. The minimum Gasteiger partial charge on any atom is -0.456 e. The van der Waals surface area contributed by atoms with Gasteiger partial charge in [-0.25, -0.2) is 4.79 Å². The number of rotatable bonds is 7. The molecular weight excluding hydrogens is 1100 g/mol. The number of ether oxygens (including phenoxy) is 3. The largest absolute Gasteiger partial charge is 0.456 e. The van der Waals surface area contributed by atoms with Gasteiger partial charge in [-0.3, -0.25) is 9.59 Å². The number of carbonyl (C=O) groups excluding carboxylic acids is 3. The minimum atomic E-state index is -1.86. The fourth-order valence-electron chi connectivity index (χ4n) is 9.95. The van der Waals surface area contributed by atoms with Crippen molar-refractivity contribution in [3.63, 3.8) is 0 Å². The zero-order valence-corrected chi connectivity index (χ0v) is 40.3. The molecule has 11 nitrogen and oxygen atoms in total. The van der Waals surface area contributed by atoms with E-state index in [1.165, 1.54) is 7.11 Å². The number of fused-ring (bicyclic) bond motifs is 5. The average Bonchev–Trinajstić information content (AvgIpc) is 3.10. The number of ketones is 1. The Morgan fingerprint density at radius 1 is 0.962 bits per heavy atom. The summed E-state index contributed by atoms with van der Waals surface area (Å²) in [7, 11) is 1.48. The smallest absolute Gasteiger partial charge is 0.338 e. The van der Waals surface area contributed by atoms with Crippen molar-refractivity contribution >= 4 is 17.7 Å².